The fourth-order valence-corrected chi connectivity index (χ4v) is 3.12. The van der Waals surface area contributed by atoms with Crippen molar-refractivity contribution in [3.63, 3.8) is 0 Å². The van der Waals surface area contributed by atoms with Gasteiger partial charge in [-0.1, -0.05) is 18.2 Å². The summed E-state index contributed by atoms with van der Waals surface area (Å²) >= 11 is 1.23. The molecule has 1 N–H and O–H groups in total. The highest BCUT2D eigenvalue weighted by atomic mass is 32.1. The molecule has 2 aromatic heterocycles. The molecule has 2 heterocycles. The monoisotopic (exact) mass is 342 g/mol. The first kappa shape index (κ1) is 16.1. The van der Waals surface area contributed by atoms with E-state index in [4.69, 9.17) is 4.74 Å². The molecular formula is C18H15FN2O2S. The molecule has 6 heteroatoms. The van der Waals surface area contributed by atoms with E-state index in [9.17, 15) is 9.18 Å². The third kappa shape index (κ3) is 3.44. The highest BCUT2D eigenvalue weighted by Crippen LogP contribution is 2.31. The van der Waals surface area contributed by atoms with Crippen LogP contribution in [0.1, 0.15) is 16.6 Å². The Morgan fingerprint density at radius 3 is 2.83 bits per heavy atom. The molecule has 0 aliphatic heterocycles. The van der Waals surface area contributed by atoms with Crippen molar-refractivity contribution in [1.82, 2.24) is 4.98 Å². The minimum Gasteiger partial charge on any atom is -0.476 e. The quantitative estimate of drug-likeness (QED) is 0.737. The number of anilines is 1. The van der Waals surface area contributed by atoms with Gasteiger partial charge in [-0.2, -0.15) is 0 Å². The van der Waals surface area contributed by atoms with E-state index in [0.717, 1.165) is 0 Å². The smallest absolute Gasteiger partial charge is 0.265 e. The SMILES string of the molecule is CCOc1ncccc1NC(=O)c1ccc(-c2ccccc2F)s1. The molecule has 0 unspecified atom stereocenters. The number of aromatic nitrogens is 1. The Morgan fingerprint density at radius 1 is 1.21 bits per heavy atom. The summed E-state index contributed by atoms with van der Waals surface area (Å²) in [6, 6.07) is 13.4. The maximum absolute atomic E-state index is 13.9. The zero-order valence-corrected chi connectivity index (χ0v) is 13.8. The van der Waals surface area contributed by atoms with Gasteiger partial charge in [-0.15, -0.1) is 11.3 Å². The topological polar surface area (TPSA) is 51.2 Å². The molecule has 0 atom stereocenters. The minimum atomic E-state index is -0.308. The van der Waals surface area contributed by atoms with Crippen LogP contribution in [0.5, 0.6) is 5.88 Å². The Morgan fingerprint density at radius 2 is 2.04 bits per heavy atom. The van der Waals surface area contributed by atoms with E-state index >= 15 is 0 Å². The van der Waals surface area contributed by atoms with Crippen LogP contribution in [0.4, 0.5) is 10.1 Å². The van der Waals surface area contributed by atoms with Crippen LogP contribution in [0.25, 0.3) is 10.4 Å². The molecule has 0 bridgehead atoms. The zero-order chi connectivity index (χ0) is 16.9. The third-order valence-corrected chi connectivity index (χ3v) is 4.39. The first-order valence-corrected chi connectivity index (χ1v) is 8.24. The third-order valence-electron chi connectivity index (χ3n) is 3.27. The Balaban J connectivity index is 1.81. The van der Waals surface area contributed by atoms with E-state index in [2.05, 4.69) is 10.3 Å². The number of thiophene rings is 1. The van der Waals surface area contributed by atoms with Gasteiger partial charge in [0, 0.05) is 16.6 Å². The molecule has 0 aliphatic rings. The molecule has 0 aliphatic carbocycles. The van der Waals surface area contributed by atoms with E-state index < -0.39 is 0 Å². The van der Waals surface area contributed by atoms with E-state index in [0.29, 0.717) is 33.5 Å². The van der Waals surface area contributed by atoms with Gasteiger partial charge in [0.1, 0.15) is 11.5 Å². The highest BCUT2D eigenvalue weighted by Gasteiger charge is 2.14. The number of nitrogens with zero attached hydrogens (tertiary/aromatic N) is 1. The van der Waals surface area contributed by atoms with E-state index in [1.54, 1.807) is 48.7 Å². The van der Waals surface area contributed by atoms with Crippen molar-refractivity contribution in [1.29, 1.82) is 0 Å². The summed E-state index contributed by atoms with van der Waals surface area (Å²) in [7, 11) is 0. The van der Waals surface area contributed by atoms with Crippen LogP contribution >= 0.6 is 11.3 Å². The molecule has 3 aromatic rings. The summed E-state index contributed by atoms with van der Waals surface area (Å²) in [6.45, 7) is 2.30. The summed E-state index contributed by atoms with van der Waals surface area (Å²) in [5.74, 6) is -0.215. The Hall–Kier alpha value is -2.73. The molecule has 3 rings (SSSR count). The van der Waals surface area contributed by atoms with Crippen molar-refractivity contribution in [2.45, 2.75) is 6.92 Å². The number of hydrogen-bond acceptors (Lipinski definition) is 4. The Kier molecular flexibility index (Phi) is 4.86. The predicted molar refractivity (Wildman–Crippen MR) is 93.1 cm³/mol. The Labute approximate surface area is 142 Å². The van der Waals surface area contributed by atoms with Crippen LogP contribution in [-0.2, 0) is 0 Å². The second-order valence-corrected chi connectivity index (χ2v) is 5.97. The molecule has 1 aromatic carbocycles. The molecule has 0 spiro atoms. The first-order chi connectivity index (χ1) is 11.7. The van der Waals surface area contributed by atoms with E-state index in [-0.39, 0.29) is 11.7 Å². The van der Waals surface area contributed by atoms with Gasteiger partial charge in [-0.05, 0) is 37.3 Å². The number of nitrogens with one attached hydrogen (secondary N) is 1. The molecule has 0 saturated heterocycles. The van der Waals surface area contributed by atoms with Crippen molar-refractivity contribution in [3.8, 4) is 16.3 Å². The first-order valence-electron chi connectivity index (χ1n) is 7.43. The van der Waals surface area contributed by atoms with Crippen LogP contribution in [0.2, 0.25) is 0 Å². The highest BCUT2D eigenvalue weighted by molar-refractivity contribution is 7.17. The van der Waals surface area contributed by atoms with Gasteiger partial charge in [-0.25, -0.2) is 9.37 Å². The fraction of sp³-hybridized carbons (Fsp3) is 0.111. The molecule has 1 amide bonds. The van der Waals surface area contributed by atoms with Crippen molar-refractivity contribution in [2.75, 3.05) is 11.9 Å². The summed E-state index contributed by atoms with van der Waals surface area (Å²) in [5, 5.41) is 2.78. The lowest BCUT2D eigenvalue weighted by molar-refractivity contribution is 0.103. The number of rotatable bonds is 5. The number of amides is 1. The van der Waals surface area contributed by atoms with Gasteiger partial charge < -0.3 is 10.1 Å². The summed E-state index contributed by atoms with van der Waals surface area (Å²) in [5.41, 5.74) is 0.989. The molecule has 0 radical (unpaired) electrons. The lowest BCUT2D eigenvalue weighted by Gasteiger charge is -2.09. The van der Waals surface area contributed by atoms with E-state index in [1.165, 1.54) is 17.4 Å². The number of pyridine rings is 1. The lowest BCUT2D eigenvalue weighted by atomic mass is 10.2. The zero-order valence-electron chi connectivity index (χ0n) is 13.0. The van der Waals surface area contributed by atoms with Crippen molar-refractivity contribution < 1.29 is 13.9 Å². The second-order valence-electron chi connectivity index (χ2n) is 4.89. The second kappa shape index (κ2) is 7.23. The number of ether oxygens (including phenoxy) is 1. The predicted octanol–water partition coefficient (Wildman–Crippen LogP) is 4.60. The number of carbonyl (C=O) groups excluding carboxylic acids is 1. The number of benzene rings is 1. The number of hydrogen-bond donors (Lipinski definition) is 1. The maximum Gasteiger partial charge on any atom is 0.265 e. The molecular weight excluding hydrogens is 327 g/mol. The van der Waals surface area contributed by atoms with Crippen molar-refractivity contribution in [2.24, 2.45) is 0 Å². The fourth-order valence-electron chi connectivity index (χ4n) is 2.19. The lowest BCUT2D eigenvalue weighted by Crippen LogP contribution is -2.12. The standard InChI is InChI=1S/C18H15FN2O2S/c1-2-23-18-14(8-5-11-20-18)21-17(22)16-10-9-15(24-16)12-6-3-4-7-13(12)19/h3-11H,2H2,1H3,(H,21,22). The van der Waals surface area contributed by atoms with Gasteiger partial charge in [0.25, 0.3) is 5.91 Å². The van der Waals surface area contributed by atoms with Crippen LogP contribution in [0.15, 0.2) is 54.7 Å². The van der Waals surface area contributed by atoms with Crippen LogP contribution in [0.3, 0.4) is 0 Å². The maximum atomic E-state index is 13.9. The largest absolute Gasteiger partial charge is 0.476 e. The van der Waals surface area contributed by atoms with Crippen molar-refractivity contribution >= 4 is 22.9 Å². The molecule has 4 nitrogen and oxygen atoms in total. The normalized spacial score (nSPS) is 10.4. The summed E-state index contributed by atoms with van der Waals surface area (Å²) in [4.78, 5) is 17.7. The number of halogens is 1. The van der Waals surface area contributed by atoms with Gasteiger partial charge in [0.2, 0.25) is 5.88 Å². The molecule has 0 saturated carbocycles. The minimum absolute atomic E-state index is 0.281. The van der Waals surface area contributed by atoms with Gasteiger partial charge in [0.15, 0.2) is 0 Å². The van der Waals surface area contributed by atoms with Gasteiger partial charge >= 0.3 is 0 Å². The van der Waals surface area contributed by atoms with Crippen LogP contribution < -0.4 is 10.1 Å². The Bertz CT molecular complexity index is 863. The van der Waals surface area contributed by atoms with Crippen molar-refractivity contribution in [3.05, 3.63) is 65.4 Å². The molecule has 0 fully saturated rings. The van der Waals surface area contributed by atoms with E-state index in [1.807, 2.05) is 6.92 Å². The van der Waals surface area contributed by atoms with Gasteiger partial charge in [-0.3, -0.25) is 4.79 Å². The summed E-state index contributed by atoms with van der Waals surface area (Å²) < 4.78 is 19.2. The van der Waals surface area contributed by atoms with Crippen LogP contribution in [-0.4, -0.2) is 17.5 Å². The molecule has 122 valence electrons. The average molecular weight is 342 g/mol. The molecule has 24 heavy (non-hydrogen) atoms. The van der Waals surface area contributed by atoms with Crippen LogP contribution in [0, 0.1) is 5.82 Å². The number of carbonyl (C=O) groups is 1. The average Bonchev–Trinajstić information content (AvgIpc) is 3.07. The summed E-state index contributed by atoms with van der Waals surface area (Å²) in [6.07, 6.45) is 1.60. The van der Waals surface area contributed by atoms with Gasteiger partial charge in [0.05, 0.1) is 11.5 Å².